The number of hydrogen-bond donors (Lipinski definition) is 3. The summed E-state index contributed by atoms with van der Waals surface area (Å²) in [6.45, 7) is 1.84. The topological polar surface area (TPSA) is 92.4 Å². The summed E-state index contributed by atoms with van der Waals surface area (Å²) in [4.78, 5) is 21.4. The Balaban J connectivity index is 2.37. The van der Waals surface area contributed by atoms with Crippen LogP contribution in [-0.4, -0.2) is 29.4 Å². The number of allylic oxidation sites excluding steroid dienone is 3. The lowest BCUT2D eigenvalue weighted by Gasteiger charge is -2.18. The van der Waals surface area contributed by atoms with E-state index in [9.17, 15) is 9.59 Å². The predicted molar refractivity (Wildman–Crippen MR) is 64.2 cm³/mol. The molecule has 1 unspecified atom stereocenters. The highest BCUT2D eigenvalue weighted by Crippen LogP contribution is 2.19. The van der Waals surface area contributed by atoms with Gasteiger partial charge in [0.2, 0.25) is 0 Å². The maximum Gasteiger partial charge on any atom is 0.320 e. The second-order valence-electron chi connectivity index (χ2n) is 4.25. The Morgan fingerprint density at radius 1 is 1.65 bits per heavy atom. The fourth-order valence-corrected chi connectivity index (χ4v) is 1.62. The van der Waals surface area contributed by atoms with Gasteiger partial charge < -0.3 is 16.2 Å². The first-order valence-electron chi connectivity index (χ1n) is 5.59. The molecule has 0 radical (unpaired) electrons. The largest absolute Gasteiger partial charge is 0.480 e. The quantitative estimate of drug-likeness (QED) is 0.624. The molecule has 4 N–H and O–H groups in total. The van der Waals surface area contributed by atoms with Crippen LogP contribution in [0.5, 0.6) is 0 Å². The van der Waals surface area contributed by atoms with E-state index in [4.69, 9.17) is 10.8 Å². The number of carboxylic acid groups (broad SMARTS) is 1. The molecule has 2 atom stereocenters. The fourth-order valence-electron chi connectivity index (χ4n) is 1.62. The molecule has 0 amide bonds. The van der Waals surface area contributed by atoms with Gasteiger partial charge >= 0.3 is 5.97 Å². The van der Waals surface area contributed by atoms with Crippen molar-refractivity contribution < 1.29 is 14.7 Å². The molecular weight excluding hydrogens is 220 g/mol. The summed E-state index contributed by atoms with van der Waals surface area (Å²) < 4.78 is 0. The van der Waals surface area contributed by atoms with Gasteiger partial charge in [0.25, 0.3) is 0 Å². The van der Waals surface area contributed by atoms with Crippen molar-refractivity contribution in [3.05, 3.63) is 23.9 Å². The van der Waals surface area contributed by atoms with Gasteiger partial charge in [-0.25, -0.2) is 0 Å². The molecule has 0 heterocycles. The number of Topliss-reactive ketones (excluding diaryl/α,β-unsaturated/α-hetero) is 1. The zero-order chi connectivity index (χ0) is 12.8. The summed E-state index contributed by atoms with van der Waals surface area (Å²) in [6, 6.07) is -0.815. The number of aliphatic carboxylic acids is 1. The first-order chi connectivity index (χ1) is 7.99. The van der Waals surface area contributed by atoms with Crippen LogP contribution in [0.4, 0.5) is 0 Å². The normalized spacial score (nSPS) is 20.6. The lowest BCUT2D eigenvalue weighted by atomic mass is 9.92. The molecule has 0 aliphatic heterocycles. The molecule has 1 aliphatic carbocycles. The Labute approximate surface area is 100 Å². The van der Waals surface area contributed by atoms with Gasteiger partial charge in [-0.05, 0) is 31.8 Å². The van der Waals surface area contributed by atoms with Crippen molar-refractivity contribution in [3.63, 3.8) is 0 Å². The molecule has 94 valence electrons. The van der Waals surface area contributed by atoms with Crippen molar-refractivity contribution in [1.29, 1.82) is 0 Å². The number of carboxylic acids is 1. The minimum atomic E-state index is -0.970. The maximum atomic E-state index is 10.8. The van der Waals surface area contributed by atoms with Crippen LogP contribution in [0.1, 0.15) is 19.8 Å². The van der Waals surface area contributed by atoms with Crippen molar-refractivity contribution in [3.8, 4) is 0 Å². The molecule has 1 rings (SSSR count). The minimum Gasteiger partial charge on any atom is -0.480 e. The highest BCUT2D eigenvalue weighted by Gasteiger charge is 2.17. The molecule has 0 saturated heterocycles. The van der Waals surface area contributed by atoms with Crippen LogP contribution in [0.2, 0.25) is 0 Å². The minimum absolute atomic E-state index is 0.0781. The van der Waals surface area contributed by atoms with Crippen LogP contribution in [0.25, 0.3) is 0 Å². The van der Waals surface area contributed by atoms with Gasteiger partial charge in [-0.1, -0.05) is 12.2 Å². The highest BCUT2D eigenvalue weighted by atomic mass is 16.4. The van der Waals surface area contributed by atoms with Gasteiger partial charge in [0.05, 0.1) is 6.54 Å². The van der Waals surface area contributed by atoms with Gasteiger partial charge in [-0.15, -0.1) is 0 Å². The molecule has 17 heavy (non-hydrogen) atoms. The van der Waals surface area contributed by atoms with Crippen LogP contribution in [0.3, 0.4) is 0 Å². The van der Waals surface area contributed by atoms with Gasteiger partial charge in [-0.3, -0.25) is 9.59 Å². The van der Waals surface area contributed by atoms with E-state index in [1.165, 1.54) is 6.92 Å². The lowest BCUT2D eigenvalue weighted by Crippen LogP contribution is -2.32. The predicted octanol–water partition coefficient (Wildman–Crippen LogP) is 0.427. The van der Waals surface area contributed by atoms with Crippen molar-refractivity contribution in [1.82, 2.24) is 5.32 Å². The van der Waals surface area contributed by atoms with Gasteiger partial charge in [0.1, 0.15) is 11.8 Å². The average molecular weight is 238 g/mol. The van der Waals surface area contributed by atoms with E-state index in [0.29, 0.717) is 13.0 Å². The molecule has 0 spiro atoms. The monoisotopic (exact) mass is 238 g/mol. The van der Waals surface area contributed by atoms with E-state index < -0.39 is 12.0 Å². The number of hydrogen-bond acceptors (Lipinski definition) is 4. The van der Waals surface area contributed by atoms with Crippen molar-refractivity contribution >= 4 is 11.8 Å². The first kappa shape index (κ1) is 13.4. The maximum absolute atomic E-state index is 10.8. The lowest BCUT2D eigenvalue weighted by molar-refractivity contribution is -0.138. The number of rotatable bonds is 6. The molecular formula is C12H18N2O3. The van der Waals surface area contributed by atoms with Crippen LogP contribution >= 0.6 is 0 Å². The summed E-state index contributed by atoms with van der Waals surface area (Å²) >= 11 is 0. The smallest absolute Gasteiger partial charge is 0.320 e. The third-order valence-corrected chi connectivity index (χ3v) is 2.60. The fraction of sp³-hybridized carbons (Fsp3) is 0.500. The summed E-state index contributed by atoms with van der Waals surface area (Å²) in [5.74, 6) is -0.735. The second-order valence-corrected chi connectivity index (χ2v) is 4.25. The zero-order valence-corrected chi connectivity index (χ0v) is 9.85. The number of nitrogens with two attached hydrogens (primary N) is 1. The molecule has 0 fully saturated rings. The van der Waals surface area contributed by atoms with Gasteiger partial charge in [0, 0.05) is 5.70 Å². The van der Waals surface area contributed by atoms with E-state index in [1.807, 2.05) is 18.2 Å². The number of ketones is 1. The van der Waals surface area contributed by atoms with E-state index in [-0.39, 0.29) is 11.7 Å². The molecule has 0 bridgehead atoms. The van der Waals surface area contributed by atoms with Gasteiger partial charge in [-0.2, -0.15) is 0 Å². The standard InChI is InChI=1S/C12H18N2O3/c1-8(15)7-14-10-4-2-9(3-5-10)6-11(13)12(16)17/h2,4-5,9,11,14H,3,6-7,13H2,1H3,(H,16,17)/t9?,11-/m0/s1. The van der Waals surface area contributed by atoms with Crippen molar-refractivity contribution in [2.45, 2.75) is 25.8 Å². The van der Waals surface area contributed by atoms with Crippen molar-refractivity contribution in [2.75, 3.05) is 6.54 Å². The second kappa shape index (κ2) is 6.20. The zero-order valence-electron chi connectivity index (χ0n) is 9.85. The van der Waals surface area contributed by atoms with E-state index in [1.54, 1.807) is 0 Å². The number of nitrogens with one attached hydrogen (secondary N) is 1. The van der Waals surface area contributed by atoms with E-state index in [0.717, 1.165) is 12.1 Å². The Hall–Kier alpha value is -1.62. The third kappa shape index (κ3) is 4.82. The highest BCUT2D eigenvalue weighted by molar-refractivity contribution is 5.77. The summed E-state index contributed by atoms with van der Waals surface area (Å²) in [6.07, 6.45) is 6.94. The summed E-state index contributed by atoms with van der Waals surface area (Å²) in [5.41, 5.74) is 6.37. The van der Waals surface area contributed by atoms with Crippen LogP contribution < -0.4 is 11.1 Å². The third-order valence-electron chi connectivity index (χ3n) is 2.60. The van der Waals surface area contributed by atoms with Gasteiger partial charge in [0.15, 0.2) is 0 Å². The Kier molecular flexibility index (Phi) is 4.90. The van der Waals surface area contributed by atoms with E-state index >= 15 is 0 Å². The van der Waals surface area contributed by atoms with Crippen LogP contribution in [0, 0.1) is 5.92 Å². The molecule has 0 aromatic carbocycles. The van der Waals surface area contributed by atoms with Crippen molar-refractivity contribution in [2.24, 2.45) is 11.7 Å². The Morgan fingerprint density at radius 2 is 2.35 bits per heavy atom. The Morgan fingerprint density at radius 3 is 2.82 bits per heavy atom. The molecule has 0 aromatic heterocycles. The SMILES string of the molecule is CC(=O)CNC1=CCC(C[C@H](N)C(=O)O)C=C1. The average Bonchev–Trinajstić information content (AvgIpc) is 2.28. The molecule has 1 aliphatic rings. The Bertz CT molecular complexity index is 361. The van der Waals surface area contributed by atoms with Crippen LogP contribution in [0.15, 0.2) is 23.9 Å². The number of carbonyl (C=O) groups is 2. The van der Waals surface area contributed by atoms with Crippen LogP contribution in [-0.2, 0) is 9.59 Å². The summed E-state index contributed by atoms with van der Waals surface area (Å²) in [7, 11) is 0. The molecule has 5 nitrogen and oxygen atoms in total. The molecule has 0 aromatic rings. The van der Waals surface area contributed by atoms with E-state index in [2.05, 4.69) is 5.32 Å². The summed E-state index contributed by atoms with van der Waals surface area (Å²) in [5, 5.41) is 11.7. The number of carbonyl (C=O) groups excluding carboxylic acids is 1. The molecule has 5 heteroatoms. The first-order valence-corrected chi connectivity index (χ1v) is 5.59. The molecule has 0 saturated carbocycles.